The van der Waals surface area contributed by atoms with Crippen molar-refractivity contribution in [2.45, 2.75) is 32.6 Å². The van der Waals surface area contributed by atoms with Gasteiger partial charge in [-0.1, -0.05) is 47.8 Å². The highest BCUT2D eigenvalue weighted by Gasteiger charge is 2.16. The van der Waals surface area contributed by atoms with Gasteiger partial charge in [0.2, 0.25) is 0 Å². The van der Waals surface area contributed by atoms with Crippen molar-refractivity contribution in [1.82, 2.24) is 0 Å². The summed E-state index contributed by atoms with van der Waals surface area (Å²) >= 11 is 3.33. The first-order valence-electron chi connectivity index (χ1n) is 10.5. The Morgan fingerprint density at radius 1 is 0.781 bits per heavy atom. The Bertz CT molecular complexity index is 1060. The molecule has 0 N–H and O–H groups in total. The van der Waals surface area contributed by atoms with Gasteiger partial charge in [-0.3, -0.25) is 0 Å². The number of hydrogen-bond acceptors (Lipinski definition) is 5. The summed E-state index contributed by atoms with van der Waals surface area (Å²) in [6.45, 7) is 2.18. The van der Waals surface area contributed by atoms with E-state index in [4.69, 9.17) is 14.2 Å². The van der Waals surface area contributed by atoms with Crippen molar-refractivity contribution >= 4 is 27.9 Å². The van der Waals surface area contributed by atoms with E-state index in [0.29, 0.717) is 11.3 Å². The van der Waals surface area contributed by atoms with E-state index < -0.39 is 11.9 Å². The Hall–Kier alpha value is -3.12. The Kier molecular flexibility index (Phi) is 8.45. The lowest BCUT2D eigenvalue weighted by Crippen LogP contribution is -2.11. The van der Waals surface area contributed by atoms with Gasteiger partial charge in [0.05, 0.1) is 18.2 Å². The molecular formula is C26H25BrO5. The average molecular weight is 497 g/mol. The summed E-state index contributed by atoms with van der Waals surface area (Å²) in [7, 11) is 1.44. The van der Waals surface area contributed by atoms with E-state index >= 15 is 0 Å². The Morgan fingerprint density at radius 2 is 1.44 bits per heavy atom. The number of esters is 2. The number of carbonyl (C=O) groups is 2. The maximum Gasteiger partial charge on any atom is 0.343 e. The predicted octanol–water partition coefficient (Wildman–Crippen LogP) is 6.63. The lowest BCUT2D eigenvalue weighted by Gasteiger charge is -2.11. The highest BCUT2D eigenvalue weighted by Crippen LogP contribution is 2.29. The fraction of sp³-hybridized carbons (Fsp3) is 0.231. The molecular weight excluding hydrogens is 472 g/mol. The van der Waals surface area contributed by atoms with E-state index in [9.17, 15) is 9.59 Å². The third-order valence-electron chi connectivity index (χ3n) is 4.88. The molecule has 3 aromatic rings. The Labute approximate surface area is 196 Å². The van der Waals surface area contributed by atoms with Crippen molar-refractivity contribution in [3.63, 3.8) is 0 Å². The van der Waals surface area contributed by atoms with E-state index in [1.165, 1.54) is 43.7 Å². The van der Waals surface area contributed by atoms with Crippen LogP contribution >= 0.6 is 15.9 Å². The van der Waals surface area contributed by atoms with Gasteiger partial charge in [0.15, 0.2) is 11.5 Å². The molecule has 0 saturated heterocycles. The molecule has 0 radical (unpaired) electrons. The first kappa shape index (κ1) is 23.5. The number of benzene rings is 3. The number of unbranched alkanes of at least 4 members (excludes halogenated alkanes) is 2. The molecule has 0 atom stereocenters. The molecule has 0 aromatic heterocycles. The second kappa shape index (κ2) is 11.5. The first-order valence-corrected chi connectivity index (χ1v) is 11.3. The standard InChI is InChI=1S/C26H25BrO5/c1-3-4-5-6-18-7-14-22(15-8-18)31-26(29)20-11-16-23(24(17-20)30-2)32-25(28)19-9-12-21(27)13-10-19/h7-17H,3-6H2,1-2H3. The zero-order valence-electron chi connectivity index (χ0n) is 18.1. The van der Waals surface area contributed by atoms with Gasteiger partial charge in [-0.15, -0.1) is 0 Å². The molecule has 6 heteroatoms. The molecule has 0 fully saturated rings. The van der Waals surface area contributed by atoms with Crippen LogP contribution in [0, 0.1) is 0 Å². The fourth-order valence-corrected chi connectivity index (χ4v) is 3.36. The van der Waals surface area contributed by atoms with E-state index in [-0.39, 0.29) is 17.1 Å². The van der Waals surface area contributed by atoms with Crippen molar-refractivity contribution in [3.05, 3.63) is 87.9 Å². The van der Waals surface area contributed by atoms with Crippen molar-refractivity contribution < 1.29 is 23.8 Å². The fourth-order valence-electron chi connectivity index (χ4n) is 3.09. The molecule has 0 bridgehead atoms. The molecule has 3 rings (SSSR count). The molecule has 32 heavy (non-hydrogen) atoms. The first-order chi connectivity index (χ1) is 15.5. The number of rotatable bonds is 9. The van der Waals surface area contributed by atoms with Gasteiger partial charge in [0.1, 0.15) is 5.75 Å². The van der Waals surface area contributed by atoms with Crippen LogP contribution in [0.25, 0.3) is 0 Å². The summed E-state index contributed by atoms with van der Waals surface area (Å²) in [4.78, 5) is 25.0. The number of hydrogen-bond donors (Lipinski definition) is 0. The summed E-state index contributed by atoms with van der Waals surface area (Å²) in [5.74, 6) is -0.0958. The molecule has 0 unspecified atom stereocenters. The van der Waals surface area contributed by atoms with Gasteiger partial charge in [0, 0.05) is 4.47 Å². The van der Waals surface area contributed by atoms with Gasteiger partial charge >= 0.3 is 11.9 Å². The molecule has 3 aromatic carbocycles. The predicted molar refractivity (Wildman–Crippen MR) is 127 cm³/mol. The van der Waals surface area contributed by atoms with Crippen LogP contribution < -0.4 is 14.2 Å². The quantitative estimate of drug-likeness (QED) is 0.189. The zero-order valence-corrected chi connectivity index (χ0v) is 19.7. The van der Waals surface area contributed by atoms with Gasteiger partial charge in [-0.25, -0.2) is 9.59 Å². The van der Waals surface area contributed by atoms with Crippen LogP contribution in [0.1, 0.15) is 52.5 Å². The third-order valence-corrected chi connectivity index (χ3v) is 5.41. The lowest BCUT2D eigenvalue weighted by atomic mass is 10.1. The molecule has 0 spiro atoms. The van der Waals surface area contributed by atoms with E-state index in [1.54, 1.807) is 36.4 Å². The van der Waals surface area contributed by atoms with E-state index in [2.05, 4.69) is 22.9 Å². The molecule has 0 amide bonds. The van der Waals surface area contributed by atoms with E-state index in [0.717, 1.165) is 17.3 Å². The van der Waals surface area contributed by atoms with Crippen molar-refractivity contribution in [3.8, 4) is 17.2 Å². The number of aryl methyl sites for hydroxylation is 1. The number of halogens is 1. The maximum absolute atomic E-state index is 12.6. The second-order valence-electron chi connectivity index (χ2n) is 7.25. The van der Waals surface area contributed by atoms with Crippen molar-refractivity contribution in [2.24, 2.45) is 0 Å². The van der Waals surface area contributed by atoms with Gasteiger partial charge < -0.3 is 14.2 Å². The molecule has 0 aliphatic heterocycles. The molecule has 166 valence electrons. The summed E-state index contributed by atoms with van der Waals surface area (Å²) in [5, 5.41) is 0. The van der Waals surface area contributed by atoms with Gasteiger partial charge in [0.25, 0.3) is 0 Å². The zero-order chi connectivity index (χ0) is 22.9. The minimum absolute atomic E-state index is 0.216. The van der Waals surface area contributed by atoms with Crippen LogP contribution in [-0.2, 0) is 6.42 Å². The normalized spacial score (nSPS) is 10.5. The summed E-state index contributed by atoms with van der Waals surface area (Å²) in [5.41, 5.74) is 1.91. The van der Waals surface area contributed by atoms with Crippen LogP contribution in [0.5, 0.6) is 17.2 Å². The number of methoxy groups -OCH3 is 1. The highest BCUT2D eigenvalue weighted by atomic mass is 79.9. The summed E-state index contributed by atoms with van der Waals surface area (Å²) in [6.07, 6.45) is 4.54. The van der Waals surface area contributed by atoms with Crippen LogP contribution in [0.15, 0.2) is 71.2 Å². The molecule has 0 aliphatic carbocycles. The average Bonchev–Trinajstić information content (AvgIpc) is 2.81. The minimum atomic E-state index is -0.523. The van der Waals surface area contributed by atoms with E-state index in [1.807, 2.05) is 12.1 Å². The van der Waals surface area contributed by atoms with Crippen molar-refractivity contribution in [2.75, 3.05) is 7.11 Å². The topological polar surface area (TPSA) is 61.8 Å². The highest BCUT2D eigenvalue weighted by molar-refractivity contribution is 9.10. The van der Waals surface area contributed by atoms with Crippen molar-refractivity contribution in [1.29, 1.82) is 0 Å². The summed E-state index contributed by atoms with van der Waals surface area (Å²) < 4.78 is 17.1. The van der Waals surface area contributed by atoms with Crippen LogP contribution in [0.3, 0.4) is 0 Å². The number of ether oxygens (including phenoxy) is 3. The minimum Gasteiger partial charge on any atom is -0.493 e. The van der Waals surface area contributed by atoms with Gasteiger partial charge in [-0.05, 0) is 73.0 Å². The van der Waals surface area contributed by atoms with Crippen LogP contribution in [-0.4, -0.2) is 19.0 Å². The monoisotopic (exact) mass is 496 g/mol. The lowest BCUT2D eigenvalue weighted by molar-refractivity contribution is 0.0728. The largest absolute Gasteiger partial charge is 0.493 e. The Morgan fingerprint density at radius 3 is 2.09 bits per heavy atom. The third kappa shape index (κ3) is 6.44. The smallest absolute Gasteiger partial charge is 0.343 e. The number of carbonyl (C=O) groups excluding carboxylic acids is 2. The Balaban J connectivity index is 1.66. The second-order valence-corrected chi connectivity index (χ2v) is 8.17. The van der Waals surface area contributed by atoms with Crippen LogP contribution in [0.2, 0.25) is 0 Å². The maximum atomic E-state index is 12.6. The summed E-state index contributed by atoms with van der Waals surface area (Å²) in [6, 6.07) is 18.9. The molecule has 0 aliphatic rings. The van der Waals surface area contributed by atoms with Crippen LogP contribution in [0.4, 0.5) is 0 Å². The molecule has 0 saturated carbocycles. The SMILES string of the molecule is CCCCCc1ccc(OC(=O)c2ccc(OC(=O)c3ccc(Br)cc3)c(OC)c2)cc1. The van der Waals surface area contributed by atoms with Gasteiger partial charge in [-0.2, -0.15) is 0 Å². The molecule has 5 nitrogen and oxygen atoms in total. The molecule has 0 heterocycles.